The normalized spacial score (nSPS) is 10.2. The molecule has 2 aromatic rings. The molecule has 0 bridgehead atoms. The highest BCUT2D eigenvalue weighted by Gasteiger charge is 2.13. The van der Waals surface area contributed by atoms with Crippen LogP contribution in [0.15, 0.2) is 30.3 Å². The number of aromatic nitrogens is 4. The maximum atomic E-state index is 10.7. The third-order valence-corrected chi connectivity index (χ3v) is 1.75. The molecule has 0 aliphatic rings. The van der Waals surface area contributed by atoms with E-state index in [1.807, 2.05) is 18.2 Å². The van der Waals surface area contributed by atoms with Crippen LogP contribution in [0.3, 0.4) is 0 Å². The van der Waals surface area contributed by atoms with Crippen LogP contribution in [0.2, 0.25) is 5.28 Å². The van der Waals surface area contributed by atoms with Gasteiger partial charge >= 0.3 is 5.28 Å². The van der Waals surface area contributed by atoms with Crippen LogP contribution >= 0.6 is 11.6 Å². The molecule has 13 heavy (non-hydrogen) atoms. The van der Waals surface area contributed by atoms with Crippen molar-refractivity contribution in [1.29, 1.82) is 0 Å². The smallest absolute Gasteiger partial charge is 0.358 e. The van der Waals surface area contributed by atoms with Crippen molar-refractivity contribution in [3.05, 3.63) is 40.8 Å². The Morgan fingerprint density at radius 3 is 2.54 bits per heavy atom. The number of hydrogen-bond donors (Lipinski definition) is 0. The predicted octanol–water partition coefficient (Wildman–Crippen LogP) is 0.554. The van der Waals surface area contributed by atoms with Gasteiger partial charge in [-0.15, -0.1) is 0 Å². The van der Waals surface area contributed by atoms with Gasteiger partial charge in [0.05, 0.1) is 0 Å². The molecule has 0 spiro atoms. The molecular formula is C7H5ClN4O. The van der Waals surface area contributed by atoms with Gasteiger partial charge in [0.25, 0.3) is 0 Å². The summed E-state index contributed by atoms with van der Waals surface area (Å²) in [5.74, 6) is 0. The van der Waals surface area contributed by atoms with Crippen LogP contribution in [0.25, 0.3) is 5.69 Å². The van der Waals surface area contributed by atoms with Crippen LogP contribution in [0.5, 0.6) is 0 Å². The Labute approximate surface area is 78.7 Å². The van der Waals surface area contributed by atoms with Gasteiger partial charge in [-0.1, -0.05) is 22.9 Å². The van der Waals surface area contributed by atoms with E-state index in [1.54, 1.807) is 12.1 Å². The van der Waals surface area contributed by atoms with E-state index < -0.39 is 0 Å². The number of halogens is 1. The minimum atomic E-state index is 0.0428. The fourth-order valence-corrected chi connectivity index (χ4v) is 1.17. The second kappa shape index (κ2) is 3.02. The molecule has 66 valence electrons. The van der Waals surface area contributed by atoms with Crippen LogP contribution in [-0.4, -0.2) is 15.0 Å². The number of para-hydroxylation sites is 1. The topological polar surface area (TPSA) is 57.6 Å². The number of hydrogen-bond acceptors (Lipinski definition) is 3. The molecule has 1 aromatic carbocycles. The zero-order valence-electron chi connectivity index (χ0n) is 6.46. The molecule has 1 heterocycles. The Hall–Kier alpha value is -1.62. The van der Waals surface area contributed by atoms with Gasteiger partial charge in [0.15, 0.2) is 5.69 Å². The van der Waals surface area contributed by atoms with E-state index in [0.29, 0.717) is 5.69 Å². The van der Waals surface area contributed by atoms with E-state index in [0.717, 1.165) is 0 Å². The maximum Gasteiger partial charge on any atom is 0.358 e. The zero-order valence-corrected chi connectivity index (χ0v) is 7.22. The van der Waals surface area contributed by atoms with Gasteiger partial charge in [-0.25, -0.2) is 0 Å². The molecule has 0 saturated heterocycles. The van der Waals surface area contributed by atoms with Crippen LogP contribution in [-0.2, 0) is 0 Å². The van der Waals surface area contributed by atoms with E-state index in [1.165, 1.54) is 4.68 Å². The minimum Gasteiger partial charge on any atom is -0.671 e. The summed E-state index contributed by atoms with van der Waals surface area (Å²) in [4.78, 5) is 0.176. The quantitative estimate of drug-likeness (QED) is 0.495. The Morgan fingerprint density at radius 2 is 2.00 bits per heavy atom. The third kappa shape index (κ3) is 1.46. The zero-order chi connectivity index (χ0) is 9.26. The maximum absolute atomic E-state index is 10.7. The Kier molecular flexibility index (Phi) is 1.86. The average Bonchev–Trinajstić information content (AvgIpc) is 2.47. The van der Waals surface area contributed by atoms with E-state index >= 15 is 0 Å². The van der Waals surface area contributed by atoms with Crippen molar-refractivity contribution in [1.82, 2.24) is 15.0 Å². The second-order valence-electron chi connectivity index (χ2n) is 2.36. The van der Waals surface area contributed by atoms with E-state index in [2.05, 4.69) is 10.3 Å². The lowest BCUT2D eigenvalue weighted by Gasteiger charge is -1.90. The standard InChI is InChI=1S/C7H5ClN4O/c8-7-9-12(13)10-11(7)6-4-2-1-3-5-6/h1-5H. The molecular weight excluding hydrogens is 192 g/mol. The first-order valence-corrected chi connectivity index (χ1v) is 3.93. The highest BCUT2D eigenvalue weighted by Crippen LogP contribution is 2.09. The lowest BCUT2D eigenvalue weighted by Crippen LogP contribution is -2.32. The van der Waals surface area contributed by atoms with Gasteiger partial charge in [-0.3, -0.25) is 0 Å². The SMILES string of the molecule is [O-][n+]1nc(Cl)n(-c2ccccc2)n1. The first-order chi connectivity index (χ1) is 6.27. The number of tetrazole rings is 1. The van der Waals surface area contributed by atoms with E-state index in [4.69, 9.17) is 11.6 Å². The minimum absolute atomic E-state index is 0.0428. The van der Waals surface area contributed by atoms with Gasteiger partial charge in [0, 0.05) is 5.10 Å². The molecule has 0 unspecified atom stereocenters. The predicted molar refractivity (Wildman–Crippen MR) is 45.3 cm³/mol. The summed E-state index contributed by atoms with van der Waals surface area (Å²) in [6, 6.07) is 9.06. The van der Waals surface area contributed by atoms with Crippen molar-refractivity contribution in [3.63, 3.8) is 0 Å². The molecule has 0 aliphatic heterocycles. The molecule has 2 rings (SSSR count). The van der Waals surface area contributed by atoms with Gasteiger partial charge in [0.2, 0.25) is 0 Å². The van der Waals surface area contributed by atoms with Crippen molar-refractivity contribution < 1.29 is 4.96 Å². The summed E-state index contributed by atoms with van der Waals surface area (Å²) in [7, 11) is 0. The van der Waals surface area contributed by atoms with E-state index in [9.17, 15) is 5.21 Å². The largest absolute Gasteiger partial charge is 0.671 e. The summed E-state index contributed by atoms with van der Waals surface area (Å²) < 4.78 is 1.26. The molecule has 1 aromatic heterocycles. The summed E-state index contributed by atoms with van der Waals surface area (Å²) in [6.45, 7) is 0. The lowest BCUT2D eigenvalue weighted by molar-refractivity contribution is -0.726. The summed E-state index contributed by atoms with van der Waals surface area (Å²) in [5.41, 5.74) is 0.703. The van der Waals surface area contributed by atoms with Crippen molar-refractivity contribution in [2.45, 2.75) is 0 Å². The number of benzene rings is 1. The van der Waals surface area contributed by atoms with Gasteiger partial charge in [0.1, 0.15) is 5.21 Å². The number of nitrogens with zero attached hydrogens (tertiary/aromatic N) is 4. The Bertz CT molecular complexity index is 414. The van der Waals surface area contributed by atoms with Crippen LogP contribution in [0.4, 0.5) is 0 Å². The summed E-state index contributed by atoms with van der Waals surface area (Å²) in [6.07, 6.45) is 0. The van der Waals surface area contributed by atoms with Crippen molar-refractivity contribution in [3.8, 4) is 5.69 Å². The first kappa shape index (κ1) is 8.00. The van der Waals surface area contributed by atoms with Crippen LogP contribution < -0.4 is 4.96 Å². The molecule has 6 heteroatoms. The first-order valence-electron chi connectivity index (χ1n) is 3.55. The molecule has 5 nitrogen and oxygen atoms in total. The van der Waals surface area contributed by atoms with E-state index in [-0.39, 0.29) is 10.2 Å². The summed E-state index contributed by atoms with van der Waals surface area (Å²) in [5, 5.41) is 17.6. The molecule has 0 fully saturated rings. The lowest BCUT2D eigenvalue weighted by atomic mass is 10.3. The Balaban J connectivity index is 2.53. The van der Waals surface area contributed by atoms with Gasteiger partial charge in [-0.05, 0) is 28.7 Å². The summed E-state index contributed by atoms with van der Waals surface area (Å²) >= 11 is 5.65. The monoisotopic (exact) mass is 196 g/mol. The van der Waals surface area contributed by atoms with Crippen LogP contribution in [0, 0.1) is 5.21 Å². The second-order valence-corrected chi connectivity index (χ2v) is 2.70. The Morgan fingerprint density at radius 1 is 1.31 bits per heavy atom. The third-order valence-electron chi connectivity index (χ3n) is 1.51. The van der Waals surface area contributed by atoms with Crippen LogP contribution in [0.1, 0.15) is 0 Å². The molecule has 0 aliphatic carbocycles. The fourth-order valence-electron chi connectivity index (χ4n) is 0.974. The molecule has 0 radical (unpaired) electrons. The average molecular weight is 197 g/mol. The fraction of sp³-hybridized carbons (Fsp3) is 0. The highest BCUT2D eigenvalue weighted by atomic mass is 35.5. The molecule has 0 N–H and O–H groups in total. The van der Waals surface area contributed by atoms with Crippen molar-refractivity contribution >= 4 is 11.6 Å². The molecule has 0 saturated carbocycles. The molecule has 0 amide bonds. The van der Waals surface area contributed by atoms with Crippen molar-refractivity contribution in [2.75, 3.05) is 0 Å². The van der Waals surface area contributed by atoms with Gasteiger partial charge in [-0.2, -0.15) is 0 Å². The molecule has 0 atom stereocenters. The number of rotatable bonds is 1. The van der Waals surface area contributed by atoms with Crippen molar-refractivity contribution in [2.24, 2.45) is 0 Å². The van der Waals surface area contributed by atoms with Gasteiger partial charge < -0.3 is 5.21 Å². The highest BCUT2D eigenvalue weighted by molar-refractivity contribution is 6.28.